The molecule has 1 atom stereocenters. The van der Waals surface area contributed by atoms with Crippen LogP contribution in [0.2, 0.25) is 0 Å². The van der Waals surface area contributed by atoms with Gasteiger partial charge in [0.15, 0.2) is 0 Å². The quantitative estimate of drug-likeness (QED) is 0.491. The van der Waals surface area contributed by atoms with Crippen molar-refractivity contribution in [2.45, 2.75) is 38.0 Å². The monoisotopic (exact) mass is 479 g/mol. The van der Waals surface area contributed by atoms with E-state index in [1.807, 2.05) is 6.07 Å². The summed E-state index contributed by atoms with van der Waals surface area (Å²) < 4.78 is 26.6. The normalized spacial score (nSPS) is 22.8. The molecule has 2 fully saturated rings. The van der Waals surface area contributed by atoms with Crippen molar-refractivity contribution in [3.63, 3.8) is 0 Å². The predicted molar refractivity (Wildman–Crippen MR) is 127 cm³/mol. The van der Waals surface area contributed by atoms with Crippen LogP contribution in [0.25, 0.3) is 0 Å². The van der Waals surface area contributed by atoms with Crippen LogP contribution in [0.15, 0.2) is 36.4 Å². The minimum atomic E-state index is -1.12. The Morgan fingerprint density at radius 1 is 1.09 bits per heavy atom. The maximum Gasteiger partial charge on any atom is 0.254 e. The van der Waals surface area contributed by atoms with Gasteiger partial charge in [-0.25, -0.2) is 4.39 Å². The molecule has 1 unspecified atom stereocenters. The van der Waals surface area contributed by atoms with E-state index in [0.717, 1.165) is 13.1 Å². The zero-order chi connectivity index (χ0) is 24.6. The number of halogens is 1. The summed E-state index contributed by atoms with van der Waals surface area (Å²) in [5, 5.41) is 2.34. The van der Waals surface area contributed by atoms with Crippen molar-refractivity contribution in [1.82, 2.24) is 15.1 Å². The first-order valence-corrected chi connectivity index (χ1v) is 11.8. The molecule has 3 aliphatic heterocycles. The van der Waals surface area contributed by atoms with Gasteiger partial charge in [0.25, 0.3) is 5.91 Å². The van der Waals surface area contributed by atoms with E-state index in [0.29, 0.717) is 47.8 Å². The number of carbonyl (C=O) groups excluding carboxylic acids is 3. The highest BCUT2D eigenvalue weighted by Gasteiger charge is 2.48. The maximum atomic E-state index is 15.2. The van der Waals surface area contributed by atoms with E-state index in [2.05, 4.69) is 10.2 Å². The van der Waals surface area contributed by atoms with Gasteiger partial charge in [-0.2, -0.15) is 0 Å². The van der Waals surface area contributed by atoms with Gasteiger partial charge in [0.2, 0.25) is 11.8 Å². The molecule has 2 aromatic rings. The Labute approximate surface area is 203 Å². The van der Waals surface area contributed by atoms with Gasteiger partial charge < -0.3 is 14.4 Å². The van der Waals surface area contributed by atoms with Crippen molar-refractivity contribution in [2.75, 3.05) is 26.3 Å². The molecule has 8 nitrogen and oxygen atoms in total. The average molecular weight is 479 g/mol. The fourth-order valence-electron chi connectivity index (χ4n) is 4.91. The Kier molecular flexibility index (Phi) is 6.33. The molecule has 3 aliphatic rings. The first-order valence-electron chi connectivity index (χ1n) is 11.8. The van der Waals surface area contributed by atoms with Crippen LogP contribution in [-0.2, 0) is 34.0 Å². The largest absolute Gasteiger partial charge is 0.488 e. The lowest BCUT2D eigenvalue weighted by Crippen LogP contribution is -2.63. The van der Waals surface area contributed by atoms with Gasteiger partial charge in [-0.05, 0) is 18.6 Å². The number of fused-ring (bicyclic) bond motifs is 1. The second-order valence-corrected chi connectivity index (χ2v) is 9.39. The van der Waals surface area contributed by atoms with Gasteiger partial charge >= 0.3 is 0 Å². The third kappa shape index (κ3) is 4.43. The van der Waals surface area contributed by atoms with Crippen LogP contribution in [0.5, 0.6) is 5.75 Å². The Bertz CT molecular complexity index is 1190. The average Bonchev–Trinajstić information content (AvgIpc) is 3.21. The van der Waals surface area contributed by atoms with Crippen LogP contribution >= 0.6 is 0 Å². The third-order valence-corrected chi connectivity index (χ3v) is 7.14. The third-order valence-electron chi connectivity index (χ3n) is 7.14. The number of imide groups is 1. The number of nitrogens with one attached hydrogen (secondary N) is 1. The summed E-state index contributed by atoms with van der Waals surface area (Å²) in [5.41, 5.74) is 1.04. The number of benzene rings is 2. The fraction of sp³-hybridized carbons (Fsp3) is 0.400. The topological polar surface area (TPSA) is 88.2 Å². The Hall–Kier alpha value is -3.24. The van der Waals surface area contributed by atoms with Crippen molar-refractivity contribution < 1.29 is 28.2 Å². The molecule has 0 aliphatic carbocycles. The van der Waals surface area contributed by atoms with Gasteiger partial charge in [-0.3, -0.25) is 24.6 Å². The molecule has 35 heavy (non-hydrogen) atoms. The van der Waals surface area contributed by atoms with Crippen LogP contribution in [0, 0.1) is 5.82 Å². The van der Waals surface area contributed by atoms with Gasteiger partial charge in [-0.1, -0.05) is 24.3 Å². The molecule has 1 N–H and O–H groups in total. The van der Waals surface area contributed by atoms with E-state index in [1.54, 1.807) is 38.2 Å². The van der Waals surface area contributed by atoms with E-state index in [-0.39, 0.29) is 43.6 Å². The number of ether oxygens (including phenoxy) is 2. The molecule has 0 saturated carbocycles. The van der Waals surface area contributed by atoms with Crippen molar-refractivity contribution in [2.24, 2.45) is 0 Å². The zero-order valence-electron chi connectivity index (χ0n) is 19.6. The fourth-order valence-corrected chi connectivity index (χ4v) is 4.91. The number of hydrogen-bond donors (Lipinski definition) is 1. The molecule has 5 rings (SSSR count). The highest BCUT2D eigenvalue weighted by atomic mass is 19.1. The smallest absolute Gasteiger partial charge is 0.254 e. The molecular weight excluding hydrogens is 452 g/mol. The van der Waals surface area contributed by atoms with Gasteiger partial charge in [0, 0.05) is 48.3 Å². The van der Waals surface area contributed by atoms with Crippen molar-refractivity contribution >= 4 is 25.6 Å². The number of rotatable bonds is 6. The van der Waals surface area contributed by atoms with Crippen LogP contribution < -0.4 is 10.1 Å². The Morgan fingerprint density at radius 3 is 2.60 bits per heavy atom. The molecule has 0 spiro atoms. The van der Waals surface area contributed by atoms with E-state index in [9.17, 15) is 14.4 Å². The highest BCUT2D eigenvalue weighted by Crippen LogP contribution is 2.37. The van der Waals surface area contributed by atoms with Crippen LogP contribution in [0.1, 0.15) is 39.9 Å². The minimum Gasteiger partial charge on any atom is -0.488 e. The van der Waals surface area contributed by atoms with Gasteiger partial charge in [0.05, 0.1) is 25.2 Å². The lowest BCUT2D eigenvalue weighted by atomic mass is 9.70. The molecule has 182 valence electrons. The number of nitrogens with zero attached hydrogens (tertiary/aromatic N) is 2. The first-order chi connectivity index (χ1) is 16.9. The Morgan fingerprint density at radius 2 is 1.83 bits per heavy atom. The molecule has 0 aromatic heterocycles. The maximum absolute atomic E-state index is 15.2. The lowest BCUT2D eigenvalue weighted by molar-refractivity contribution is -0.138. The molecule has 3 heterocycles. The van der Waals surface area contributed by atoms with Crippen molar-refractivity contribution in [1.29, 1.82) is 0 Å². The molecule has 2 aromatic carbocycles. The van der Waals surface area contributed by atoms with Crippen molar-refractivity contribution in [3.8, 4) is 5.75 Å². The minimum absolute atomic E-state index is 0.0136. The number of hydrogen-bond acceptors (Lipinski definition) is 6. The van der Waals surface area contributed by atoms with Crippen LogP contribution in [0.3, 0.4) is 0 Å². The number of carbonyl (C=O) groups is 3. The van der Waals surface area contributed by atoms with E-state index in [4.69, 9.17) is 9.47 Å². The number of amides is 3. The highest BCUT2D eigenvalue weighted by molar-refractivity contribution is 6.32. The number of piperidine rings is 1. The van der Waals surface area contributed by atoms with Crippen LogP contribution in [0.4, 0.5) is 4.39 Å². The molecule has 2 saturated heterocycles. The zero-order valence-corrected chi connectivity index (χ0v) is 19.6. The van der Waals surface area contributed by atoms with Gasteiger partial charge in [-0.15, -0.1) is 0 Å². The lowest BCUT2D eigenvalue weighted by Gasteiger charge is -2.39. The molecule has 10 heteroatoms. The summed E-state index contributed by atoms with van der Waals surface area (Å²) in [6.07, 6.45) is 0.431. The summed E-state index contributed by atoms with van der Waals surface area (Å²) in [4.78, 5) is 41.1. The molecule has 0 radical (unpaired) electrons. The molecular formula is C25H27BFN3O5. The van der Waals surface area contributed by atoms with E-state index in [1.165, 1.54) is 4.90 Å². The van der Waals surface area contributed by atoms with E-state index < -0.39 is 11.3 Å². The second kappa shape index (κ2) is 9.43. The van der Waals surface area contributed by atoms with Crippen LogP contribution in [-0.4, -0.2) is 67.1 Å². The first kappa shape index (κ1) is 23.5. The summed E-state index contributed by atoms with van der Waals surface area (Å²) in [7, 11) is 1.68. The summed E-state index contributed by atoms with van der Waals surface area (Å²) >= 11 is 0. The summed E-state index contributed by atoms with van der Waals surface area (Å²) in [5.74, 6) is -0.904. The predicted octanol–water partition coefficient (Wildman–Crippen LogP) is 0.959. The standard InChI is InChI=1S/C25H27BFN3O5/c26-25(8-7-21(31)28-24(25)33)30-14-19-18(23(30)32)5-2-6-20(19)35-15-17-4-1-3-16(22(17)27)13-29-9-11-34-12-10-29/h1-6H,7-15,26H2,(H,28,31,33). The molecule has 0 bridgehead atoms. The molecule has 3 amide bonds. The number of morpholine rings is 1. The Balaban J connectivity index is 1.32. The second-order valence-electron chi connectivity index (χ2n) is 9.39. The van der Waals surface area contributed by atoms with E-state index >= 15 is 4.39 Å². The summed E-state index contributed by atoms with van der Waals surface area (Å²) in [6, 6.07) is 10.5. The summed E-state index contributed by atoms with van der Waals surface area (Å²) in [6.45, 7) is 3.54. The SMILES string of the molecule is BC1(N2Cc3c(OCc4cccc(CN5CCOCC5)c4F)cccc3C2=O)CCC(=O)NC1=O. The van der Waals surface area contributed by atoms with Crippen molar-refractivity contribution in [3.05, 3.63) is 64.5 Å². The van der Waals surface area contributed by atoms with Gasteiger partial charge in [0.1, 0.15) is 26.0 Å².